The Hall–Kier alpha value is -3.10. The molecule has 28 heavy (non-hydrogen) atoms. The Kier molecular flexibility index (Phi) is 5.14. The molecule has 0 fully saturated rings. The molecule has 1 aromatic heterocycles. The third kappa shape index (κ3) is 4.08. The van der Waals surface area contributed by atoms with Gasteiger partial charge in [-0.15, -0.1) is 11.3 Å². The maximum atomic E-state index is 12.1. The molecule has 1 aliphatic rings. The van der Waals surface area contributed by atoms with E-state index in [1.807, 2.05) is 11.4 Å². The highest BCUT2D eigenvalue weighted by Gasteiger charge is 2.17. The van der Waals surface area contributed by atoms with Gasteiger partial charge in [-0.05, 0) is 30.3 Å². The smallest absolute Gasteiger partial charge is 0.264 e. The van der Waals surface area contributed by atoms with Gasteiger partial charge in [-0.25, -0.2) is 4.98 Å². The van der Waals surface area contributed by atoms with E-state index in [9.17, 15) is 9.59 Å². The Balaban J connectivity index is 1.40. The number of carbonyl (C=O) groups excluding carboxylic acids is 2. The van der Waals surface area contributed by atoms with E-state index in [0.717, 1.165) is 5.56 Å². The highest BCUT2D eigenvalue weighted by molar-refractivity contribution is 7.14. The number of halogens is 1. The normalized spacial score (nSPS) is 12.5. The van der Waals surface area contributed by atoms with Crippen LogP contribution in [0.5, 0.6) is 11.5 Å². The number of benzene rings is 2. The lowest BCUT2D eigenvalue weighted by atomic mass is 10.1. The zero-order valence-electron chi connectivity index (χ0n) is 14.4. The van der Waals surface area contributed by atoms with Crippen LogP contribution in [0, 0.1) is 0 Å². The molecule has 3 aromatic rings. The summed E-state index contributed by atoms with van der Waals surface area (Å²) in [6.45, 7) is -0.170. The van der Waals surface area contributed by atoms with Crippen LogP contribution in [-0.2, 0) is 9.59 Å². The fourth-order valence-corrected chi connectivity index (χ4v) is 3.49. The van der Waals surface area contributed by atoms with Gasteiger partial charge in [-0.3, -0.25) is 14.9 Å². The van der Waals surface area contributed by atoms with Crippen molar-refractivity contribution in [2.75, 3.05) is 23.8 Å². The summed E-state index contributed by atoms with van der Waals surface area (Å²) in [6.07, 6.45) is 0. The Morgan fingerprint density at radius 3 is 3.04 bits per heavy atom. The first-order valence-corrected chi connectivity index (χ1v) is 9.54. The SMILES string of the molecule is O=C(COc1ccccc1Cl)Nc1nc(-c2ccc3c(c2)NC(=O)CO3)cs1. The quantitative estimate of drug-likeness (QED) is 0.661. The number of fused-ring (bicyclic) bond motifs is 1. The Bertz CT molecular complexity index is 1050. The third-order valence-corrected chi connectivity index (χ3v) is 4.92. The van der Waals surface area contributed by atoms with Gasteiger partial charge < -0.3 is 14.8 Å². The van der Waals surface area contributed by atoms with Gasteiger partial charge in [0.2, 0.25) is 0 Å². The number of ether oxygens (including phenoxy) is 2. The summed E-state index contributed by atoms with van der Waals surface area (Å²) in [4.78, 5) is 28.0. The number of nitrogens with zero attached hydrogens (tertiary/aromatic N) is 1. The van der Waals surface area contributed by atoms with Gasteiger partial charge in [0.1, 0.15) is 11.5 Å². The summed E-state index contributed by atoms with van der Waals surface area (Å²) in [5, 5.41) is 8.16. The molecule has 0 radical (unpaired) electrons. The average molecular weight is 416 g/mol. The molecule has 2 aromatic carbocycles. The lowest BCUT2D eigenvalue weighted by Gasteiger charge is -2.18. The standard InChI is InChI=1S/C19H14ClN3O4S/c20-12-3-1-2-4-15(12)26-9-18(25)23-19-22-14(10-28-19)11-5-6-16-13(7-11)21-17(24)8-27-16/h1-7,10H,8-9H2,(H,21,24)(H,22,23,25). The van der Waals surface area contributed by atoms with Gasteiger partial charge >= 0.3 is 0 Å². The predicted molar refractivity (Wildman–Crippen MR) is 107 cm³/mol. The number of nitrogens with one attached hydrogen (secondary N) is 2. The summed E-state index contributed by atoms with van der Waals surface area (Å²) in [6, 6.07) is 12.3. The second-order valence-corrected chi connectivity index (χ2v) is 7.12. The van der Waals surface area contributed by atoms with Crippen LogP contribution in [0.1, 0.15) is 0 Å². The molecular weight excluding hydrogens is 402 g/mol. The van der Waals surface area contributed by atoms with Crippen molar-refractivity contribution in [3.63, 3.8) is 0 Å². The number of para-hydroxylation sites is 1. The van der Waals surface area contributed by atoms with Gasteiger partial charge in [-0.1, -0.05) is 23.7 Å². The van der Waals surface area contributed by atoms with E-state index in [4.69, 9.17) is 21.1 Å². The second-order valence-electron chi connectivity index (χ2n) is 5.85. The topological polar surface area (TPSA) is 89.5 Å². The molecule has 2 amide bonds. The lowest BCUT2D eigenvalue weighted by Crippen LogP contribution is -2.25. The van der Waals surface area contributed by atoms with E-state index in [1.165, 1.54) is 11.3 Å². The first kappa shape index (κ1) is 18.3. The van der Waals surface area contributed by atoms with Crippen molar-refractivity contribution in [3.05, 3.63) is 52.9 Å². The summed E-state index contributed by atoms with van der Waals surface area (Å²) < 4.78 is 10.8. The second kappa shape index (κ2) is 7.87. The van der Waals surface area contributed by atoms with E-state index in [2.05, 4.69) is 15.6 Å². The molecule has 0 bridgehead atoms. The molecule has 0 saturated heterocycles. The molecule has 142 valence electrons. The maximum Gasteiger partial charge on any atom is 0.264 e. The van der Waals surface area contributed by atoms with Crippen LogP contribution in [0.15, 0.2) is 47.8 Å². The van der Waals surface area contributed by atoms with Crippen molar-refractivity contribution in [2.45, 2.75) is 0 Å². The van der Waals surface area contributed by atoms with Crippen LogP contribution in [0.3, 0.4) is 0 Å². The van der Waals surface area contributed by atoms with Crippen molar-refractivity contribution in [1.29, 1.82) is 0 Å². The number of amides is 2. The molecule has 2 heterocycles. The molecule has 4 rings (SSSR count). The molecule has 2 N–H and O–H groups in total. The number of thiazole rings is 1. The van der Waals surface area contributed by atoms with Gasteiger partial charge in [0.15, 0.2) is 18.3 Å². The Morgan fingerprint density at radius 2 is 2.18 bits per heavy atom. The van der Waals surface area contributed by atoms with Crippen LogP contribution in [0.25, 0.3) is 11.3 Å². The molecule has 7 nitrogen and oxygen atoms in total. The Labute approximate surface area is 169 Å². The minimum Gasteiger partial charge on any atom is -0.482 e. The number of carbonyl (C=O) groups is 2. The lowest BCUT2D eigenvalue weighted by molar-refractivity contribution is -0.119. The molecular formula is C19H14ClN3O4S. The van der Waals surface area contributed by atoms with Crippen LogP contribution in [-0.4, -0.2) is 30.0 Å². The zero-order valence-corrected chi connectivity index (χ0v) is 16.0. The summed E-state index contributed by atoms with van der Waals surface area (Å²) in [5.41, 5.74) is 2.07. The number of anilines is 2. The van der Waals surface area contributed by atoms with Crippen molar-refractivity contribution < 1.29 is 19.1 Å². The summed E-state index contributed by atoms with van der Waals surface area (Å²) >= 11 is 7.29. The van der Waals surface area contributed by atoms with Crippen molar-refractivity contribution in [1.82, 2.24) is 4.98 Å². The minimum atomic E-state index is -0.341. The third-order valence-electron chi connectivity index (χ3n) is 3.85. The van der Waals surface area contributed by atoms with E-state index >= 15 is 0 Å². The first-order valence-electron chi connectivity index (χ1n) is 8.28. The van der Waals surface area contributed by atoms with Crippen LogP contribution >= 0.6 is 22.9 Å². The molecule has 0 aliphatic carbocycles. The zero-order chi connectivity index (χ0) is 19.5. The number of rotatable bonds is 5. The summed E-state index contributed by atoms with van der Waals surface area (Å²) in [7, 11) is 0. The fraction of sp³-hybridized carbons (Fsp3) is 0.105. The van der Waals surface area contributed by atoms with E-state index in [0.29, 0.717) is 33.0 Å². The molecule has 1 aliphatic heterocycles. The Morgan fingerprint density at radius 1 is 1.32 bits per heavy atom. The van der Waals surface area contributed by atoms with E-state index < -0.39 is 0 Å². The molecule has 0 saturated carbocycles. The van der Waals surface area contributed by atoms with Gasteiger partial charge in [0, 0.05) is 10.9 Å². The number of hydrogen-bond donors (Lipinski definition) is 2. The van der Waals surface area contributed by atoms with Crippen LogP contribution in [0.4, 0.5) is 10.8 Å². The highest BCUT2D eigenvalue weighted by Crippen LogP contribution is 2.33. The van der Waals surface area contributed by atoms with Crippen molar-refractivity contribution in [2.24, 2.45) is 0 Å². The summed E-state index contributed by atoms with van der Waals surface area (Å²) in [5.74, 6) is 0.516. The number of aromatic nitrogens is 1. The van der Waals surface area contributed by atoms with E-state index in [1.54, 1.807) is 36.4 Å². The van der Waals surface area contributed by atoms with Gasteiger partial charge in [0.25, 0.3) is 11.8 Å². The fourth-order valence-electron chi connectivity index (χ4n) is 2.57. The largest absolute Gasteiger partial charge is 0.482 e. The highest BCUT2D eigenvalue weighted by atomic mass is 35.5. The monoisotopic (exact) mass is 415 g/mol. The minimum absolute atomic E-state index is 0.00942. The predicted octanol–water partition coefficient (Wildman–Crippen LogP) is 3.81. The molecule has 0 atom stereocenters. The molecule has 0 spiro atoms. The van der Waals surface area contributed by atoms with Crippen molar-refractivity contribution >= 4 is 45.6 Å². The first-order chi connectivity index (χ1) is 13.6. The van der Waals surface area contributed by atoms with E-state index in [-0.39, 0.29) is 25.0 Å². The van der Waals surface area contributed by atoms with Crippen LogP contribution < -0.4 is 20.1 Å². The average Bonchev–Trinajstić information content (AvgIpc) is 3.15. The van der Waals surface area contributed by atoms with Crippen LogP contribution in [0.2, 0.25) is 5.02 Å². The molecule has 9 heteroatoms. The number of hydrogen-bond acceptors (Lipinski definition) is 6. The maximum absolute atomic E-state index is 12.1. The van der Waals surface area contributed by atoms with Gasteiger partial charge in [-0.2, -0.15) is 0 Å². The van der Waals surface area contributed by atoms with Gasteiger partial charge in [0.05, 0.1) is 16.4 Å². The van der Waals surface area contributed by atoms with Crippen molar-refractivity contribution in [3.8, 4) is 22.8 Å². The molecule has 0 unspecified atom stereocenters.